The van der Waals surface area contributed by atoms with Gasteiger partial charge >= 0.3 is 0 Å². The molecule has 2 heterocycles. The van der Waals surface area contributed by atoms with Gasteiger partial charge in [-0.1, -0.05) is 37.1 Å². The van der Waals surface area contributed by atoms with Gasteiger partial charge in [0.2, 0.25) is 0 Å². The van der Waals surface area contributed by atoms with Crippen LogP contribution < -0.4 is 10.5 Å². The van der Waals surface area contributed by atoms with E-state index >= 15 is 0 Å². The van der Waals surface area contributed by atoms with E-state index in [1.165, 1.54) is 12.1 Å². The molecule has 1 amide bonds. The summed E-state index contributed by atoms with van der Waals surface area (Å²) in [6.07, 6.45) is 2.91. The Hall–Kier alpha value is -2.91. The average molecular weight is 448 g/mol. The monoisotopic (exact) mass is 447 g/mol. The molecular weight excluding hydrogens is 426 g/mol. The number of halogens is 1. The van der Waals surface area contributed by atoms with Crippen molar-refractivity contribution in [2.45, 2.75) is 33.2 Å². The number of anilines is 1. The van der Waals surface area contributed by atoms with Crippen molar-refractivity contribution in [2.24, 2.45) is 0 Å². The Kier molecular flexibility index (Phi) is 6.42. The highest BCUT2D eigenvalue weighted by atomic mass is 35.5. The molecule has 30 heavy (non-hydrogen) atoms. The summed E-state index contributed by atoms with van der Waals surface area (Å²) in [6, 6.07) is 8.29. The van der Waals surface area contributed by atoms with Crippen LogP contribution in [0.5, 0.6) is 0 Å². The van der Waals surface area contributed by atoms with Gasteiger partial charge in [-0.25, -0.2) is 23.1 Å². The van der Waals surface area contributed by atoms with E-state index < -0.39 is 15.9 Å². The number of aromatic nitrogens is 3. The first-order valence-electron chi connectivity index (χ1n) is 9.31. The molecule has 0 unspecified atom stereocenters. The molecule has 1 aromatic carbocycles. The van der Waals surface area contributed by atoms with Gasteiger partial charge in [0.25, 0.3) is 15.9 Å². The van der Waals surface area contributed by atoms with E-state index in [0.29, 0.717) is 40.7 Å². The Balaban J connectivity index is 1.92. The summed E-state index contributed by atoms with van der Waals surface area (Å²) >= 11 is 6.29. The number of amides is 1. The number of sulfonamides is 1. The van der Waals surface area contributed by atoms with Gasteiger partial charge in [-0.05, 0) is 43.2 Å². The van der Waals surface area contributed by atoms with E-state index in [9.17, 15) is 13.2 Å². The molecule has 0 radical (unpaired) electrons. The Labute approximate surface area is 179 Å². The van der Waals surface area contributed by atoms with Crippen molar-refractivity contribution < 1.29 is 13.2 Å². The number of imidazole rings is 1. The number of nitrogens with zero attached hydrogens (tertiary/aromatic N) is 3. The maximum Gasteiger partial charge on any atom is 0.283 e. The molecule has 8 nitrogen and oxygen atoms in total. The Bertz CT molecular complexity index is 1230. The first kappa shape index (κ1) is 21.8. The van der Waals surface area contributed by atoms with Crippen molar-refractivity contribution in [1.29, 1.82) is 0 Å². The summed E-state index contributed by atoms with van der Waals surface area (Å²) in [5.74, 6) is -0.132. The van der Waals surface area contributed by atoms with Gasteiger partial charge in [0.1, 0.15) is 17.0 Å². The molecule has 3 aromatic rings. The maximum absolute atomic E-state index is 12.5. The van der Waals surface area contributed by atoms with Gasteiger partial charge in [-0.3, -0.25) is 4.79 Å². The van der Waals surface area contributed by atoms with Crippen molar-refractivity contribution in [3.63, 3.8) is 0 Å². The number of nitrogens with one attached hydrogen (secondary N) is 1. The third kappa shape index (κ3) is 4.98. The molecule has 0 spiro atoms. The number of unbranched alkanes of at least 4 members (excludes halogenated alkanes) is 1. The maximum atomic E-state index is 12.5. The zero-order valence-electron chi connectivity index (χ0n) is 16.6. The van der Waals surface area contributed by atoms with E-state index in [4.69, 9.17) is 17.3 Å². The molecule has 158 valence electrons. The summed E-state index contributed by atoms with van der Waals surface area (Å²) < 4.78 is 27.9. The number of rotatable bonds is 7. The first-order valence-corrected chi connectivity index (χ1v) is 11.2. The van der Waals surface area contributed by atoms with Crippen LogP contribution in [0.4, 0.5) is 5.69 Å². The minimum Gasteiger partial charge on any atom is -0.399 e. The second-order valence-corrected chi connectivity index (χ2v) is 8.75. The number of hydrogen-bond donors (Lipinski definition) is 2. The van der Waals surface area contributed by atoms with Crippen LogP contribution in [0.2, 0.25) is 5.02 Å². The van der Waals surface area contributed by atoms with Gasteiger partial charge < -0.3 is 10.3 Å². The summed E-state index contributed by atoms with van der Waals surface area (Å²) in [4.78, 5) is 21.3. The number of aryl methyl sites for hydroxylation is 1. The highest BCUT2D eigenvalue weighted by Crippen LogP contribution is 2.23. The fourth-order valence-corrected chi connectivity index (χ4v) is 3.94. The van der Waals surface area contributed by atoms with Crippen LogP contribution in [0.25, 0.3) is 11.2 Å². The molecule has 0 fully saturated rings. The molecule has 10 heteroatoms. The van der Waals surface area contributed by atoms with Crippen LogP contribution in [-0.2, 0) is 16.6 Å². The van der Waals surface area contributed by atoms with Crippen LogP contribution in [0.1, 0.15) is 41.6 Å². The second-order valence-electron chi connectivity index (χ2n) is 6.77. The standard InChI is InChI=1S/C20H22ClN5O3S/c1-3-4-5-10-30(28,29)25-20(27)18-9-8-17-19(24-18)26(13(2)23-17)12-14-6-7-15(22)11-16(14)21/h5-11H,3-4,12,22H2,1-2H3,(H,25,27). The molecule has 0 atom stereocenters. The Morgan fingerprint density at radius 1 is 1.27 bits per heavy atom. The van der Waals surface area contributed by atoms with Gasteiger partial charge in [0.15, 0.2) is 5.65 Å². The molecule has 0 aliphatic carbocycles. The minimum atomic E-state index is -3.89. The molecule has 0 bridgehead atoms. The molecule has 2 aromatic heterocycles. The number of carbonyl (C=O) groups excluding carboxylic acids is 1. The Morgan fingerprint density at radius 2 is 2.03 bits per heavy atom. The summed E-state index contributed by atoms with van der Waals surface area (Å²) in [6.45, 7) is 4.12. The van der Waals surface area contributed by atoms with Gasteiger partial charge in [-0.15, -0.1) is 0 Å². The zero-order chi connectivity index (χ0) is 21.9. The van der Waals surface area contributed by atoms with Gasteiger partial charge in [-0.2, -0.15) is 0 Å². The fraction of sp³-hybridized carbons (Fsp3) is 0.250. The molecule has 0 aliphatic heterocycles. The fourth-order valence-electron chi connectivity index (χ4n) is 2.87. The molecule has 0 aliphatic rings. The Morgan fingerprint density at radius 3 is 2.73 bits per heavy atom. The average Bonchev–Trinajstić information content (AvgIpc) is 2.98. The lowest BCUT2D eigenvalue weighted by Crippen LogP contribution is -2.29. The number of carbonyl (C=O) groups is 1. The van der Waals surface area contributed by atoms with Crippen LogP contribution in [0.15, 0.2) is 41.8 Å². The number of nitrogen functional groups attached to an aromatic ring is 1. The lowest BCUT2D eigenvalue weighted by Gasteiger charge is -2.09. The van der Waals surface area contributed by atoms with Crippen molar-refractivity contribution >= 4 is 44.4 Å². The quantitative estimate of drug-likeness (QED) is 0.535. The van der Waals surface area contributed by atoms with Crippen molar-refractivity contribution in [3.05, 3.63) is 63.9 Å². The second kappa shape index (κ2) is 8.85. The minimum absolute atomic E-state index is 0.0282. The van der Waals surface area contributed by atoms with E-state index in [2.05, 4.69) is 9.97 Å². The normalized spacial score (nSPS) is 12.0. The van der Waals surface area contributed by atoms with Crippen LogP contribution >= 0.6 is 11.6 Å². The number of nitrogens with two attached hydrogens (primary N) is 1. The van der Waals surface area contributed by atoms with Crippen LogP contribution in [-0.4, -0.2) is 28.9 Å². The van der Waals surface area contributed by atoms with E-state index in [1.54, 1.807) is 22.8 Å². The van der Waals surface area contributed by atoms with Crippen molar-refractivity contribution in [2.75, 3.05) is 5.73 Å². The smallest absolute Gasteiger partial charge is 0.283 e. The largest absolute Gasteiger partial charge is 0.399 e. The highest BCUT2D eigenvalue weighted by molar-refractivity contribution is 7.92. The highest BCUT2D eigenvalue weighted by Gasteiger charge is 2.18. The summed E-state index contributed by atoms with van der Waals surface area (Å²) in [7, 11) is -3.89. The third-order valence-electron chi connectivity index (χ3n) is 4.39. The SMILES string of the molecule is CCCC=CS(=O)(=O)NC(=O)c1ccc2nc(C)n(Cc3ccc(N)cc3Cl)c2n1. The van der Waals surface area contributed by atoms with Gasteiger partial charge in [0, 0.05) is 16.1 Å². The lowest BCUT2D eigenvalue weighted by molar-refractivity contribution is 0.0977. The third-order valence-corrected chi connectivity index (χ3v) is 5.76. The van der Waals surface area contributed by atoms with E-state index in [0.717, 1.165) is 17.4 Å². The van der Waals surface area contributed by atoms with E-state index in [-0.39, 0.29) is 5.69 Å². The number of fused-ring (bicyclic) bond motifs is 1. The molecule has 3 rings (SSSR count). The predicted molar refractivity (Wildman–Crippen MR) is 118 cm³/mol. The molecule has 0 saturated heterocycles. The van der Waals surface area contributed by atoms with Crippen molar-refractivity contribution in [1.82, 2.24) is 19.3 Å². The number of pyridine rings is 1. The van der Waals surface area contributed by atoms with Crippen LogP contribution in [0, 0.1) is 6.92 Å². The molecular formula is C20H22ClN5O3S. The summed E-state index contributed by atoms with van der Waals surface area (Å²) in [5.41, 5.74) is 8.13. The lowest BCUT2D eigenvalue weighted by atomic mass is 10.2. The zero-order valence-corrected chi connectivity index (χ0v) is 18.2. The molecule has 0 saturated carbocycles. The van der Waals surface area contributed by atoms with Gasteiger partial charge in [0.05, 0.1) is 6.54 Å². The van der Waals surface area contributed by atoms with Crippen molar-refractivity contribution in [3.8, 4) is 0 Å². The van der Waals surface area contributed by atoms with Crippen LogP contribution in [0.3, 0.4) is 0 Å². The number of hydrogen-bond acceptors (Lipinski definition) is 6. The number of allylic oxidation sites excluding steroid dienone is 1. The van der Waals surface area contributed by atoms with E-state index in [1.807, 2.05) is 24.6 Å². The molecule has 3 N–H and O–H groups in total. The first-order chi connectivity index (χ1) is 14.2. The predicted octanol–water partition coefficient (Wildman–Crippen LogP) is 3.40. The summed E-state index contributed by atoms with van der Waals surface area (Å²) in [5, 5.41) is 1.50. The topological polar surface area (TPSA) is 120 Å². The number of benzene rings is 1.